The van der Waals surface area contributed by atoms with E-state index in [1.165, 1.54) is 88.2 Å². The highest BCUT2D eigenvalue weighted by atomic mass is 14.4. The van der Waals surface area contributed by atoms with Gasteiger partial charge < -0.3 is 0 Å². The molecule has 1 aliphatic carbocycles. The second-order valence-electron chi connectivity index (χ2n) is 11.9. The predicted molar refractivity (Wildman–Crippen MR) is 136 cm³/mol. The lowest BCUT2D eigenvalue weighted by Crippen LogP contribution is -2.27. The molecule has 0 amide bonds. The molecule has 0 nitrogen and oxygen atoms in total. The quantitative estimate of drug-likeness (QED) is 0.320. The van der Waals surface area contributed by atoms with E-state index in [1.54, 1.807) is 16.7 Å². The number of aryl methyl sites for hydroxylation is 2. The molecule has 0 spiro atoms. The third-order valence-electron chi connectivity index (χ3n) is 8.25. The van der Waals surface area contributed by atoms with Crippen LogP contribution in [-0.4, -0.2) is 0 Å². The van der Waals surface area contributed by atoms with Crippen molar-refractivity contribution in [3.63, 3.8) is 0 Å². The lowest BCUT2D eigenvalue weighted by Gasteiger charge is -2.37. The Labute approximate surface area is 189 Å². The van der Waals surface area contributed by atoms with E-state index in [0.717, 1.165) is 17.8 Å². The van der Waals surface area contributed by atoms with Gasteiger partial charge in [-0.25, -0.2) is 0 Å². The van der Waals surface area contributed by atoms with Crippen molar-refractivity contribution >= 4 is 0 Å². The Morgan fingerprint density at radius 1 is 0.767 bits per heavy atom. The van der Waals surface area contributed by atoms with Crippen molar-refractivity contribution < 1.29 is 0 Å². The summed E-state index contributed by atoms with van der Waals surface area (Å²) in [6.45, 7) is 19.2. The van der Waals surface area contributed by atoms with Gasteiger partial charge in [0.15, 0.2) is 0 Å². The van der Waals surface area contributed by atoms with Gasteiger partial charge in [0.25, 0.3) is 0 Å². The van der Waals surface area contributed by atoms with E-state index in [2.05, 4.69) is 61.5 Å². The summed E-state index contributed by atoms with van der Waals surface area (Å²) in [5, 5.41) is 0. The van der Waals surface area contributed by atoms with Crippen LogP contribution in [-0.2, 0) is 12.8 Å². The van der Waals surface area contributed by atoms with Gasteiger partial charge in [-0.3, -0.25) is 0 Å². The van der Waals surface area contributed by atoms with Crippen molar-refractivity contribution in [1.29, 1.82) is 0 Å². The van der Waals surface area contributed by atoms with Gasteiger partial charge in [0.2, 0.25) is 0 Å². The molecule has 0 heteroatoms. The molecule has 0 N–H and O–H groups in total. The van der Waals surface area contributed by atoms with Crippen molar-refractivity contribution in [2.45, 2.75) is 132 Å². The molecule has 0 aliphatic heterocycles. The minimum Gasteiger partial charge on any atom is -0.0628 e. The van der Waals surface area contributed by atoms with E-state index < -0.39 is 0 Å². The number of hydrogen-bond acceptors (Lipinski definition) is 0. The molecule has 0 saturated carbocycles. The molecule has 0 aromatic heterocycles. The average molecular weight is 413 g/mol. The minimum atomic E-state index is 0.517. The molecule has 0 radical (unpaired) electrons. The fourth-order valence-corrected chi connectivity index (χ4v) is 5.82. The van der Waals surface area contributed by atoms with Crippen molar-refractivity contribution in [3.05, 3.63) is 33.9 Å². The normalized spacial score (nSPS) is 21.0. The summed E-state index contributed by atoms with van der Waals surface area (Å²) in [5.74, 6) is 2.69. The summed E-state index contributed by atoms with van der Waals surface area (Å²) in [7, 11) is 0. The molecule has 1 aromatic carbocycles. The topological polar surface area (TPSA) is 0 Å². The van der Waals surface area contributed by atoms with Crippen LogP contribution in [0.5, 0.6) is 0 Å². The largest absolute Gasteiger partial charge is 0.0628 e. The van der Waals surface area contributed by atoms with E-state index in [9.17, 15) is 0 Å². The second kappa shape index (κ2) is 11.7. The Morgan fingerprint density at radius 2 is 1.33 bits per heavy atom. The van der Waals surface area contributed by atoms with Crippen molar-refractivity contribution in [3.8, 4) is 0 Å². The number of hydrogen-bond donors (Lipinski definition) is 0. The molecule has 2 rings (SSSR count). The smallest absolute Gasteiger partial charge is 0.0219 e. The van der Waals surface area contributed by atoms with Crippen molar-refractivity contribution in [2.75, 3.05) is 0 Å². The van der Waals surface area contributed by atoms with Gasteiger partial charge in [0.1, 0.15) is 0 Å². The molecule has 0 bridgehead atoms. The molecule has 30 heavy (non-hydrogen) atoms. The fourth-order valence-electron chi connectivity index (χ4n) is 5.82. The highest BCUT2D eigenvalue weighted by Gasteiger charge is 2.31. The molecule has 0 unspecified atom stereocenters. The Kier molecular flexibility index (Phi) is 9.96. The molecular weight excluding hydrogens is 360 g/mol. The summed E-state index contributed by atoms with van der Waals surface area (Å²) >= 11 is 0. The van der Waals surface area contributed by atoms with Gasteiger partial charge in [-0.05, 0) is 97.4 Å². The van der Waals surface area contributed by atoms with E-state index >= 15 is 0 Å². The van der Waals surface area contributed by atoms with Crippen LogP contribution in [0.15, 0.2) is 6.07 Å². The van der Waals surface area contributed by atoms with Crippen LogP contribution in [0.25, 0.3) is 0 Å². The SMILES string of the molecule is Cc1cc(C)c2c(c1C)C[C@](C)(CCC[C@H](C)CCC[C@H](C)CCCC(C)C)CC2. The standard InChI is InChI=1S/C30H52/c1-22(2)12-9-13-23(3)14-10-15-24(4)16-11-18-30(8)19-17-28-26(6)20-25(5)27(7)29(28)21-30/h20,22-24H,9-19,21H2,1-8H3/t23-,24-,30-/m1/s1. The van der Waals surface area contributed by atoms with E-state index in [4.69, 9.17) is 0 Å². The Hall–Kier alpha value is -0.780. The van der Waals surface area contributed by atoms with E-state index in [1.807, 2.05) is 0 Å². The van der Waals surface area contributed by atoms with Gasteiger partial charge in [-0.1, -0.05) is 92.1 Å². The van der Waals surface area contributed by atoms with Gasteiger partial charge >= 0.3 is 0 Å². The minimum absolute atomic E-state index is 0.517. The van der Waals surface area contributed by atoms with E-state index in [0.29, 0.717) is 5.41 Å². The lowest BCUT2D eigenvalue weighted by molar-refractivity contribution is 0.238. The zero-order chi connectivity index (χ0) is 22.3. The van der Waals surface area contributed by atoms with Gasteiger partial charge in [0, 0.05) is 0 Å². The van der Waals surface area contributed by atoms with Crippen LogP contribution in [0.2, 0.25) is 0 Å². The van der Waals surface area contributed by atoms with Crippen LogP contribution < -0.4 is 0 Å². The Balaban J connectivity index is 1.70. The summed E-state index contributed by atoms with van der Waals surface area (Å²) in [6, 6.07) is 2.41. The molecule has 1 aromatic rings. The fraction of sp³-hybridized carbons (Fsp3) is 0.800. The predicted octanol–water partition coefficient (Wildman–Crippen LogP) is 9.55. The zero-order valence-corrected chi connectivity index (χ0v) is 21.8. The average Bonchev–Trinajstić information content (AvgIpc) is 2.65. The van der Waals surface area contributed by atoms with E-state index in [-0.39, 0.29) is 0 Å². The molecule has 172 valence electrons. The maximum atomic E-state index is 2.57. The molecule has 3 atom stereocenters. The van der Waals surface area contributed by atoms with Gasteiger partial charge in [0.05, 0.1) is 0 Å². The summed E-state index contributed by atoms with van der Waals surface area (Å²) in [5.41, 5.74) is 8.47. The van der Waals surface area contributed by atoms with Gasteiger partial charge in [-0.2, -0.15) is 0 Å². The lowest BCUT2D eigenvalue weighted by atomic mass is 9.68. The Morgan fingerprint density at radius 3 is 1.93 bits per heavy atom. The summed E-state index contributed by atoms with van der Waals surface area (Å²) < 4.78 is 0. The van der Waals surface area contributed by atoms with Gasteiger partial charge in [-0.15, -0.1) is 0 Å². The maximum Gasteiger partial charge on any atom is -0.0219 e. The summed E-state index contributed by atoms with van der Waals surface area (Å²) in [6.07, 6.45) is 16.8. The third-order valence-corrected chi connectivity index (χ3v) is 8.25. The molecule has 1 aliphatic rings. The maximum absolute atomic E-state index is 2.57. The number of fused-ring (bicyclic) bond motifs is 1. The first kappa shape index (κ1) is 25.5. The third kappa shape index (κ3) is 7.72. The molecule has 0 heterocycles. The molecule has 0 fully saturated rings. The molecule has 0 saturated heterocycles. The van der Waals surface area contributed by atoms with Crippen molar-refractivity contribution in [1.82, 2.24) is 0 Å². The van der Waals surface area contributed by atoms with Crippen LogP contribution in [0.1, 0.15) is 127 Å². The highest BCUT2D eigenvalue weighted by Crippen LogP contribution is 2.42. The number of rotatable bonds is 12. The first-order chi connectivity index (χ1) is 14.1. The molecular formula is C30H52. The number of benzene rings is 1. The second-order valence-corrected chi connectivity index (χ2v) is 11.9. The van der Waals surface area contributed by atoms with Crippen molar-refractivity contribution in [2.24, 2.45) is 23.2 Å². The first-order valence-electron chi connectivity index (χ1n) is 13.2. The monoisotopic (exact) mass is 412 g/mol. The summed E-state index contributed by atoms with van der Waals surface area (Å²) in [4.78, 5) is 0. The first-order valence-corrected chi connectivity index (χ1v) is 13.2. The Bertz CT molecular complexity index is 652. The van der Waals surface area contributed by atoms with Crippen LogP contribution in [0.3, 0.4) is 0 Å². The van der Waals surface area contributed by atoms with Crippen LogP contribution >= 0.6 is 0 Å². The highest BCUT2D eigenvalue weighted by molar-refractivity contribution is 5.46. The van der Waals surface area contributed by atoms with Crippen LogP contribution in [0.4, 0.5) is 0 Å². The van der Waals surface area contributed by atoms with Crippen LogP contribution in [0, 0.1) is 43.9 Å². The zero-order valence-electron chi connectivity index (χ0n) is 21.8.